The smallest absolute Gasteiger partial charge is 0.270 e. The Morgan fingerprint density at radius 3 is 2.39 bits per heavy atom. The summed E-state index contributed by atoms with van der Waals surface area (Å²) in [5.74, 6) is 0.105. The lowest BCUT2D eigenvalue weighted by Crippen LogP contribution is -2.25. The van der Waals surface area contributed by atoms with Crippen LogP contribution in [-0.2, 0) is 0 Å². The molecule has 0 fully saturated rings. The molecular weight excluding hydrogens is 248 g/mol. The van der Waals surface area contributed by atoms with Crippen LogP contribution in [0, 0.1) is 13.8 Å². The average Bonchev–Trinajstić information content (AvgIpc) is 2.67. The standard InChI is InChI=1S/C13H14N2O2S/c1-8-12(18-9(2)14-8)13(17)15(3)10-4-6-11(16)7-5-10/h4-7,16H,1-3H3. The zero-order valence-corrected chi connectivity index (χ0v) is 11.3. The number of aromatic hydroxyl groups is 1. The first-order valence-electron chi connectivity index (χ1n) is 5.50. The first kappa shape index (κ1) is 12.6. The second-order valence-electron chi connectivity index (χ2n) is 4.03. The minimum absolute atomic E-state index is 0.0798. The lowest BCUT2D eigenvalue weighted by atomic mass is 10.2. The first-order valence-corrected chi connectivity index (χ1v) is 6.32. The van der Waals surface area contributed by atoms with Crippen LogP contribution >= 0.6 is 11.3 Å². The van der Waals surface area contributed by atoms with Gasteiger partial charge in [-0.2, -0.15) is 0 Å². The summed E-state index contributed by atoms with van der Waals surface area (Å²) >= 11 is 1.40. The fourth-order valence-corrected chi connectivity index (χ4v) is 2.57. The second-order valence-corrected chi connectivity index (χ2v) is 5.23. The van der Waals surface area contributed by atoms with Gasteiger partial charge < -0.3 is 10.0 Å². The van der Waals surface area contributed by atoms with E-state index in [2.05, 4.69) is 4.98 Å². The van der Waals surface area contributed by atoms with Crippen LogP contribution < -0.4 is 4.90 Å². The van der Waals surface area contributed by atoms with Crippen LogP contribution in [0.25, 0.3) is 0 Å². The van der Waals surface area contributed by atoms with Crippen molar-refractivity contribution in [2.24, 2.45) is 0 Å². The molecule has 0 saturated carbocycles. The van der Waals surface area contributed by atoms with Crippen LogP contribution in [0.1, 0.15) is 20.4 Å². The summed E-state index contributed by atoms with van der Waals surface area (Å²) in [5, 5.41) is 10.1. The van der Waals surface area contributed by atoms with Crippen molar-refractivity contribution >= 4 is 22.9 Å². The van der Waals surface area contributed by atoms with Crippen LogP contribution in [0.4, 0.5) is 5.69 Å². The molecule has 1 N–H and O–H groups in total. The van der Waals surface area contributed by atoms with E-state index in [0.717, 1.165) is 16.4 Å². The third kappa shape index (κ3) is 2.36. The third-order valence-electron chi connectivity index (χ3n) is 2.64. The number of aromatic nitrogens is 1. The van der Waals surface area contributed by atoms with Crippen LogP contribution in [0.5, 0.6) is 5.75 Å². The zero-order valence-electron chi connectivity index (χ0n) is 10.5. The highest BCUT2D eigenvalue weighted by atomic mass is 32.1. The number of phenols is 1. The van der Waals surface area contributed by atoms with E-state index < -0.39 is 0 Å². The molecule has 0 atom stereocenters. The highest BCUT2D eigenvalue weighted by molar-refractivity contribution is 7.13. The topological polar surface area (TPSA) is 53.4 Å². The molecule has 0 aliphatic carbocycles. The van der Waals surface area contributed by atoms with E-state index in [1.807, 2.05) is 13.8 Å². The Kier molecular flexibility index (Phi) is 3.34. The van der Waals surface area contributed by atoms with E-state index in [1.54, 1.807) is 36.2 Å². The molecule has 1 amide bonds. The molecule has 5 heteroatoms. The Balaban J connectivity index is 2.29. The molecule has 1 aromatic heterocycles. The van der Waals surface area contributed by atoms with Crippen LogP contribution in [0.15, 0.2) is 24.3 Å². The summed E-state index contributed by atoms with van der Waals surface area (Å²) in [7, 11) is 1.71. The molecule has 0 spiro atoms. The third-order valence-corrected chi connectivity index (χ3v) is 3.70. The number of carbonyl (C=O) groups is 1. The fourth-order valence-electron chi connectivity index (χ4n) is 1.68. The zero-order chi connectivity index (χ0) is 13.3. The maximum Gasteiger partial charge on any atom is 0.270 e. The molecule has 0 bridgehead atoms. The Morgan fingerprint density at radius 1 is 1.28 bits per heavy atom. The lowest BCUT2D eigenvalue weighted by Gasteiger charge is -2.16. The van der Waals surface area contributed by atoms with Gasteiger partial charge >= 0.3 is 0 Å². The number of benzene rings is 1. The number of carbonyl (C=O) groups excluding carboxylic acids is 1. The summed E-state index contributed by atoms with van der Waals surface area (Å²) in [6, 6.07) is 6.53. The number of thiazole rings is 1. The van der Waals surface area contributed by atoms with Gasteiger partial charge in [-0.1, -0.05) is 0 Å². The van der Waals surface area contributed by atoms with Crippen molar-refractivity contribution in [2.45, 2.75) is 13.8 Å². The molecule has 0 radical (unpaired) electrons. The van der Waals surface area contributed by atoms with Crippen molar-refractivity contribution in [3.05, 3.63) is 39.8 Å². The molecule has 18 heavy (non-hydrogen) atoms. The van der Waals surface area contributed by atoms with Gasteiger partial charge in [-0.3, -0.25) is 4.79 Å². The average molecular weight is 262 g/mol. The van der Waals surface area contributed by atoms with Gasteiger partial charge in [-0.05, 0) is 38.1 Å². The SMILES string of the molecule is Cc1nc(C)c(C(=O)N(C)c2ccc(O)cc2)s1. The summed E-state index contributed by atoms with van der Waals surface area (Å²) in [6.07, 6.45) is 0. The summed E-state index contributed by atoms with van der Waals surface area (Å²) in [6.45, 7) is 3.72. The molecule has 1 aromatic carbocycles. The number of hydrogen-bond acceptors (Lipinski definition) is 4. The highest BCUT2D eigenvalue weighted by Gasteiger charge is 2.18. The van der Waals surface area contributed by atoms with Gasteiger partial charge in [-0.25, -0.2) is 4.98 Å². The van der Waals surface area contributed by atoms with Crippen molar-refractivity contribution in [1.29, 1.82) is 0 Å². The fraction of sp³-hybridized carbons (Fsp3) is 0.231. The van der Waals surface area contributed by atoms with Crippen LogP contribution in [0.3, 0.4) is 0 Å². The lowest BCUT2D eigenvalue weighted by molar-refractivity contribution is 0.0996. The molecule has 4 nitrogen and oxygen atoms in total. The largest absolute Gasteiger partial charge is 0.508 e. The summed E-state index contributed by atoms with van der Waals surface area (Å²) < 4.78 is 0. The van der Waals surface area contributed by atoms with E-state index in [0.29, 0.717) is 4.88 Å². The van der Waals surface area contributed by atoms with Crippen molar-refractivity contribution in [1.82, 2.24) is 4.98 Å². The number of hydrogen-bond donors (Lipinski definition) is 1. The van der Waals surface area contributed by atoms with Gasteiger partial charge in [0.1, 0.15) is 10.6 Å². The first-order chi connectivity index (χ1) is 8.49. The molecule has 1 heterocycles. The van der Waals surface area contributed by atoms with Gasteiger partial charge in [-0.15, -0.1) is 11.3 Å². The van der Waals surface area contributed by atoms with Crippen molar-refractivity contribution in [2.75, 3.05) is 11.9 Å². The Morgan fingerprint density at radius 2 is 1.89 bits per heavy atom. The Labute approximate surface area is 110 Å². The Bertz CT molecular complexity index is 575. The van der Waals surface area contributed by atoms with Gasteiger partial charge in [0.25, 0.3) is 5.91 Å². The van der Waals surface area contributed by atoms with Crippen LogP contribution in [-0.4, -0.2) is 23.0 Å². The summed E-state index contributed by atoms with van der Waals surface area (Å²) in [5.41, 5.74) is 1.50. The van der Waals surface area contributed by atoms with Crippen molar-refractivity contribution in [3.63, 3.8) is 0 Å². The molecule has 0 saturated heterocycles. The molecule has 94 valence electrons. The number of phenolic OH excluding ortho intramolecular Hbond substituents is 1. The van der Waals surface area contributed by atoms with Gasteiger partial charge in [0.2, 0.25) is 0 Å². The molecule has 2 aromatic rings. The molecule has 0 aliphatic heterocycles. The molecule has 0 unspecified atom stereocenters. The van der Waals surface area contributed by atoms with E-state index >= 15 is 0 Å². The number of aryl methyl sites for hydroxylation is 2. The predicted molar refractivity (Wildman–Crippen MR) is 72.4 cm³/mol. The number of nitrogens with zero attached hydrogens (tertiary/aromatic N) is 2. The number of anilines is 1. The van der Waals surface area contributed by atoms with E-state index in [1.165, 1.54) is 11.3 Å². The van der Waals surface area contributed by atoms with Gasteiger partial charge in [0, 0.05) is 12.7 Å². The monoisotopic (exact) mass is 262 g/mol. The van der Waals surface area contributed by atoms with Crippen LogP contribution in [0.2, 0.25) is 0 Å². The highest BCUT2D eigenvalue weighted by Crippen LogP contribution is 2.23. The van der Waals surface area contributed by atoms with E-state index in [9.17, 15) is 9.90 Å². The Hall–Kier alpha value is -1.88. The number of amides is 1. The van der Waals surface area contributed by atoms with E-state index in [-0.39, 0.29) is 11.7 Å². The number of rotatable bonds is 2. The van der Waals surface area contributed by atoms with Crippen molar-refractivity contribution < 1.29 is 9.90 Å². The van der Waals surface area contributed by atoms with Gasteiger partial charge in [0.15, 0.2) is 0 Å². The van der Waals surface area contributed by atoms with Gasteiger partial charge in [0.05, 0.1) is 10.7 Å². The maximum absolute atomic E-state index is 12.3. The minimum atomic E-state index is -0.0798. The van der Waals surface area contributed by atoms with Crippen molar-refractivity contribution in [3.8, 4) is 5.75 Å². The second kappa shape index (κ2) is 4.78. The maximum atomic E-state index is 12.3. The molecular formula is C13H14N2O2S. The summed E-state index contributed by atoms with van der Waals surface area (Å²) in [4.78, 5) is 18.8. The predicted octanol–water partition coefficient (Wildman–Crippen LogP) is 2.74. The molecule has 2 rings (SSSR count). The minimum Gasteiger partial charge on any atom is -0.508 e. The quantitative estimate of drug-likeness (QED) is 0.905. The van der Waals surface area contributed by atoms with E-state index in [4.69, 9.17) is 0 Å². The molecule has 0 aliphatic rings. The normalized spacial score (nSPS) is 10.4.